The van der Waals surface area contributed by atoms with Crippen molar-refractivity contribution < 1.29 is 4.79 Å². The van der Waals surface area contributed by atoms with Gasteiger partial charge in [0.2, 0.25) is 11.9 Å². The van der Waals surface area contributed by atoms with Crippen LogP contribution in [0.15, 0.2) is 0 Å². The normalized spacial score (nSPS) is 10.9. The lowest BCUT2D eigenvalue weighted by Crippen LogP contribution is -2.11. The average molecular weight is 280 g/mol. The minimum absolute atomic E-state index is 0.187. The van der Waals surface area contributed by atoms with Crippen molar-refractivity contribution in [3.63, 3.8) is 0 Å². The van der Waals surface area contributed by atoms with Gasteiger partial charge in [-0.2, -0.15) is 9.67 Å². The molecule has 1 aromatic heterocycles. The standard InChI is InChI=1S/C15H28N4O/c1-3-4-5-6-7-8-9-10-11-12-14-17-15(16)19(18-14)13(2)20/h3-12H2,1-2H3,(H2,16,17,18). The molecule has 5 heteroatoms. The monoisotopic (exact) mass is 280 g/mol. The molecule has 0 saturated carbocycles. The van der Waals surface area contributed by atoms with Gasteiger partial charge in [-0.1, -0.05) is 58.3 Å². The van der Waals surface area contributed by atoms with Gasteiger partial charge in [0.1, 0.15) is 0 Å². The number of hydrogen-bond donors (Lipinski definition) is 1. The van der Waals surface area contributed by atoms with E-state index in [1.807, 2.05) is 0 Å². The van der Waals surface area contributed by atoms with Gasteiger partial charge in [0.05, 0.1) is 0 Å². The van der Waals surface area contributed by atoms with Crippen LogP contribution in [0.25, 0.3) is 0 Å². The number of nitrogens with two attached hydrogens (primary N) is 1. The third-order valence-electron chi connectivity index (χ3n) is 3.48. The number of hydrogen-bond acceptors (Lipinski definition) is 4. The molecule has 0 saturated heterocycles. The third-order valence-corrected chi connectivity index (χ3v) is 3.48. The molecule has 0 fully saturated rings. The Morgan fingerprint density at radius 1 is 1.05 bits per heavy atom. The van der Waals surface area contributed by atoms with E-state index < -0.39 is 0 Å². The van der Waals surface area contributed by atoms with Gasteiger partial charge in [0, 0.05) is 13.3 Å². The number of aromatic nitrogens is 3. The lowest BCUT2D eigenvalue weighted by atomic mass is 10.1. The highest BCUT2D eigenvalue weighted by Gasteiger charge is 2.09. The van der Waals surface area contributed by atoms with Gasteiger partial charge in [-0.15, -0.1) is 5.10 Å². The van der Waals surface area contributed by atoms with Crippen molar-refractivity contribution in [1.29, 1.82) is 0 Å². The van der Waals surface area contributed by atoms with E-state index in [1.165, 1.54) is 63.0 Å². The van der Waals surface area contributed by atoms with Crippen molar-refractivity contribution in [2.45, 2.75) is 78.1 Å². The van der Waals surface area contributed by atoms with E-state index in [1.54, 1.807) is 0 Å². The van der Waals surface area contributed by atoms with E-state index in [2.05, 4.69) is 17.0 Å². The molecule has 114 valence electrons. The second-order valence-corrected chi connectivity index (χ2v) is 5.40. The molecule has 1 rings (SSSR count). The summed E-state index contributed by atoms with van der Waals surface area (Å²) in [7, 11) is 0. The Bertz CT molecular complexity index is 401. The third kappa shape index (κ3) is 6.17. The fourth-order valence-corrected chi connectivity index (χ4v) is 2.30. The highest BCUT2D eigenvalue weighted by Crippen LogP contribution is 2.11. The zero-order chi connectivity index (χ0) is 14.8. The summed E-state index contributed by atoms with van der Waals surface area (Å²) in [4.78, 5) is 15.3. The number of carbonyl (C=O) groups is 1. The van der Waals surface area contributed by atoms with Crippen molar-refractivity contribution in [1.82, 2.24) is 14.8 Å². The topological polar surface area (TPSA) is 73.8 Å². The van der Waals surface area contributed by atoms with Crippen LogP contribution in [-0.2, 0) is 6.42 Å². The Labute approximate surface area is 122 Å². The molecule has 0 bridgehead atoms. The van der Waals surface area contributed by atoms with Gasteiger partial charge >= 0.3 is 0 Å². The first-order chi connectivity index (χ1) is 9.65. The van der Waals surface area contributed by atoms with E-state index in [-0.39, 0.29) is 11.9 Å². The largest absolute Gasteiger partial charge is 0.368 e. The molecule has 20 heavy (non-hydrogen) atoms. The fraction of sp³-hybridized carbons (Fsp3) is 0.800. The summed E-state index contributed by atoms with van der Waals surface area (Å²) >= 11 is 0. The SMILES string of the molecule is CCCCCCCCCCCc1nc(N)n(C(C)=O)n1. The maximum absolute atomic E-state index is 11.2. The number of unbranched alkanes of at least 4 members (excludes halogenated alkanes) is 8. The van der Waals surface area contributed by atoms with Crippen LogP contribution in [0.2, 0.25) is 0 Å². The quantitative estimate of drug-likeness (QED) is 0.665. The second kappa shape index (κ2) is 9.50. The van der Waals surface area contributed by atoms with E-state index in [0.29, 0.717) is 5.82 Å². The summed E-state index contributed by atoms with van der Waals surface area (Å²) in [6.45, 7) is 3.68. The second-order valence-electron chi connectivity index (χ2n) is 5.40. The van der Waals surface area contributed by atoms with Crippen LogP contribution in [0.5, 0.6) is 0 Å². The van der Waals surface area contributed by atoms with Gasteiger partial charge in [-0.3, -0.25) is 4.79 Å². The lowest BCUT2D eigenvalue weighted by molar-refractivity contribution is 0.0923. The van der Waals surface area contributed by atoms with Crippen molar-refractivity contribution in [3.8, 4) is 0 Å². The summed E-state index contributed by atoms with van der Waals surface area (Å²) in [6, 6.07) is 0. The molecular formula is C15H28N4O. The maximum atomic E-state index is 11.2. The van der Waals surface area contributed by atoms with Gasteiger partial charge in [0.15, 0.2) is 5.82 Å². The number of carbonyl (C=O) groups excluding carboxylic acids is 1. The lowest BCUT2D eigenvalue weighted by Gasteiger charge is -2.00. The Hall–Kier alpha value is -1.39. The smallest absolute Gasteiger partial charge is 0.246 e. The van der Waals surface area contributed by atoms with Crippen LogP contribution in [0.4, 0.5) is 5.95 Å². The zero-order valence-corrected chi connectivity index (χ0v) is 12.9. The Morgan fingerprint density at radius 3 is 2.10 bits per heavy atom. The van der Waals surface area contributed by atoms with Crippen LogP contribution in [0.3, 0.4) is 0 Å². The fourth-order valence-electron chi connectivity index (χ4n) is 2.30. The average Bonchev–Trinajstić information content (AvgIpc) is 2.78. The van der Waals surface area contributed by atoms with Crippen LogP contribution < -0.4 is 5.73 Å². The molecule has 0 aliphatic heterocycles. The summed E-state index contributed by atoms with van der Waals surface area (Å²) in [5, 5.41) is 4.11. The van der Waals surface area contributed by atoms with E-state index in [4.69, 9.17) is 5.73 Å². The molecule has 0 atom stereocenters. The summed E-state index contributed by atoms with van der Waals surface area (Å²) < 4.78 is 1.17. The van der Waals surface area contributed by atoms with Crippen LogP contribution >= 0.6 is 0 Å². The van der Waals surface area contributed by atoms with Gasteiger partial charge in [0.25, 0.3) is 0 Å². The number of aryl methyl sites for hydroxylation is 1. The van der Waals surface area contributed by atoms with E-state index in [0.717, 1.165) is 12.8 Å². The Balaban J connectivity index is 2.07. The molecule has 0 spiro atoms. The van der Waals surface area contributed by atoms with Gasteiger partial charge < -0.3 is 5.73 Å². The van der Waals surface area contributed by atoms with Crippen LogP contribution in [0, 0.1) is 0 Å². The maximum Gasteiger partial charge on any atom is 0.246 e. The first-order valence-electron chi connectivity index (χ1n) is 7.87. The molecule has 0 aliphatic carbocycles. The Kier molecular flexibility index (Phi) is 7.92. The van der Waals surface area contributed by atoms with Crippen LogP contribution in [-0.4, -0.2) is 20.7 Å². The molecule has 0 amide bonds. The van der Waals surface area contributed by atoms with E-state index >= 15 is 0 Å². The van der Waals surface area contributed by atoms with Crippen molar-refractivity contribution in [2.24, 2.45) is 0 Å². The molecule has 0 aliphatic rings. The minimum Gasteiger partial charge on any atom is -0.368 e. The number of anilines is 1. The van der Waals surface area contributed by atoms with Crippen molar-refractivity contribution >= 4 is 11.9 Å². The molecule has 0 unspecified atom stereocenters. The molecule has 0 aromatic carbocycles. The molecule has 5 nitrogen and oxygen atoms in total. The summed E-state index contributed by atoms with van der Waals surface area (Å²) in [5.74, 6) is 0.692. The Morgan fingerprint density at radius 2 is 1.60 bits per heavy atom. The molecule has 0 radical (unpaired) electrons. The summed E-state index contributed by atoms with van der Waals surface area (Å²) in [6.07, 6.45) is 12.4. The molecule has 1 aromatic rings. The highest BCUT2D eigenvalue weighted by molar-refractivity contribution is 5.77. The highest BCUT2D eigenvalue weighted by atomic mass is 16.2. The minimum atomic E-state index is -0.187. The molecule has 1 heterocycles. The van der Waals surface area contributed by atoms with Crippen LogP contribution in [0.1, 0.15) is 82.3 Å². The van der Waals surface area contributed by atoms with Gasteiger partial charge in [-0.05, 0) is 6.42 Å². The molecular weight excluding hydrogens is 252 g/mol. The van der Waals surface area contributed by atoms with Crippen molar-refractivity contribution in [3.05, 3.63) is 5.82 Å². The number of rotatable bonds is 10. The first-order valence-corrected chi connectivity index (χ1v) is 7.87. The predicted octanol–water partition coefficient (Wildman–Crippen LogP) is 3.59. The molecule has 2 N–H and O–H groups in total. The van der Waals surface area contributed by atoms with Crippen molar-refractivity contribution in [2.75, 3.05) is 5.73 Å². The first kappa shape index (κ1) is 16.7. The predicted molar refractivity (Wildman–Crippen MR) is 81.7 cm³/mol. The van der Waals surface area contributed by atoms with E-state index in [9.17, 15) is 4.79 Å². The summed E-state index contributed by atoms with van der Waals surface area (Å²) in [5.41, 5.74) is 5.62. The number of nitrogens with zero attached hydrogens (tertiary/aromatic N) is 3. The van der Waals surface area contributed by atoms with Gasteiger partial charge in [-0.25, -0.2) is 0 Å². The zero-order valence-electron chi connectivity index (χ0n) is 12.9. The number of nitrogen functional groups attached to an aromatic ring is 1.